The zero-order valence-corrected chi connectivity index (χ0v) is 9.29. The molecule has 0 aliphatic heterocycles. The van der Waals surface area contributed by atoms with Crippen LogP contribution < -0.4 is 5.56 Å². The third kappa shape index (κ3) is 1.08. The van der Waals surface area contributed by atoms with Gasteiger partial charge in [0.25, 0.3) is 5.56 Å². The van der Waals surface area contributed by atoms with Crippen LogP contribution in [0.2, 0.25) is 0 Å². The summed E-state index contributed by atoms with van der Waals surface area (Å²) in [5, 5.41) is 9.85. The van der Waals surface area contributed by atoms with Crippen LogP contribution in [-0.2, 0) is 0 Å². The number of aromatic nitrogens is 4. The summed E-state index contributed by atoms with van der Waals surface area (Å²) in [6.45, 7) is 0. The molecule has 0 bridgehead atoms. The van der Waals surface area contributed by atoms with E-state index in [1.54, 1.807) is 4.52 Å². The van der Waals surface area contributed by atoms with Crippen molar-refractivity contribution in [1.82, 2.24) is 19.8 Å². The molecule has 0 radical (unpaired) electrons. The number of nitrogens with zero attached hydrogens (tertiary/aromatic N) is 3. The minimum atomic E-state index is -0.191. The lowest BCUT2D eigenvalue weighted by Gasteiger charge is -2.00. The van der Waals surface area contributed by atoms with Crippen LogP contribution >= 0.6 is 0 Å². The van der Waals surface area contributed by atoms with E-state index in [0.717, 1.165) is 21.8 Å². The van der Waals surface area contributed by atoms with Gasteiger partial charge < -0.3 is 4.98 Å². The molecular weight excluding hydrogens is 228 g/mol. The van der Waals surface area contributed by atoms with Crippen LogP contribution in [0.1, 0.15) is 0 Å². The summed E-state index contributed by atoms with van der Waals surface area (Å²) in [6.07, 6.45) is 1.47. The van der Waals surface area contributed by atoms with Gasteiger partial charge in [-0.25, -0.2) is 4.52 Å². The maximum absolute atomic E-state index is 12.1. The molecule has 0 saturated carbocycles. The molecule has 0 fully saturated rings. The Morgan fingerprint density at radius 2 is 1.89 bits per heavy atom. The normalized spacial score (nSPS) is 11.6. The number of H-pyrrole nitrogens is 1. The summed E-state index contributed by atoms with van der Waals surface area (Å²) >= 11 is 0. The molecule has 2 aromatic heterocycles. The molecule has 86 valence electrons. The van der Waals surface area contributed by atoms with E-state index < -0.39 is 0 Å². The summed E-state index contributed by atoms with van der Waals surface area (Å²) in [6, 6.07) is 11.7. The highest BCUT2D eigenvalue weighted by Crippen LogP contribution is 2.23. The molecule has 1 N–H and O–H groups in total. The fourth-order valence-corrected chi connectivity index (χ4v) is 2.36. The smallest absolute Gasteiger partial charge is 0.276 e. The number of aromatic amines is 1. The molecule has 5 nitrogen and oxygen atoms in total. The predicted molar refractivity (Wildman–Crippen MR) is 68.6 cm³/mol. The first-order chi connectivity index (χ1) is 8.84. The van der Waals surface area contributed by atoms with Gasteiger partial charge in [-0.3, -0.25) is 4.79 Å². The van der Waals surface area contributed by atoms with E-state index in [-0.39, 0.29) is 5.56 Å². The van der Waals surface area contributed by atoms with E-state index in [1.165, 1.54) is 6.20 Å². The van der Waals surface area contributed by atoms with Crippen molar-refractivity contribution >= 4 is 27.3 Å². The highest BCUT2D eigenvalue weighted by molar-refractivity contribution is 6.06. The standard InChI is InChI=1S/C13H8N4O/c18-13-11-7-14-16-17(11)10-6-2-4-8-3-1-5-9(15-13)12(8)10/h1-7H,(H,15,18). The zero-order chi connectivity index (χ0) is 12.1. The Kier molecular flexibility index (Phi) is 1.64. The number of hydrogen-bond donors (Lipinski definition) is 1. The Morgan fingerprint density at radius 3 is 2.78 bits per heavy atom. The Morgan fingerprint density at radius 1 is 1.06 bits per heavy atom. The van der Waals surface area contributed by atoms with Crippen LogP contribution in [0.3, 0.4) is 0 Å². The zero-order valence-electron chi connectivity index (χ0n) is 9.29. The Balaban J connectivity index is 2.54. The third-order valence-corrected chi connectivity index (χ3v) is 3.14. The average Bonchev–Trinajstić information content (AvgIpc) is 2.83. The van der Waals surface area contributed by atoms with Crippen molar-refractivity contribution < 1.29 is 0 Å². The van der Waals surface area contributed by atoms with Crippen molar-refractivity contribution in [1.29, 1.82) is 0 Å². The predicted octanol–water partition coefficient (Wildman–Crippen LogP) is 1.72. The lowest BCUT2D eigenvalue weighted by atomic mass is 10.1. The fraction of sp³-hybridized carbons (Fsp3) is 0. The summed E-state index contributed by atoms with van der Waals surface area (Å²) < 4.78 is 1.58. The molecule has 0 atom stereocenters. The fourth-order valence-electron chi connectivity index (χ4n) is 2.36. The highest BCUT2D eigenvalue weighted by atomic mass is 16.1. The van der Waals surface area contributed by atoms with E-state index >= 15 is 0 Å². The van der Waals surface area contributed by atoms with Crippen LogP contribution in [-0.4, -0.2) is 19.8 Å². The van der Waals surface area contributed by atoms with Crippen molar-refractivity contribution in [2.75, 3.05) is 0 Å². The highest BCUT2D eigenvalue weighted by Gasteiger charge is 2.07. The van der Waals surface area contributed by atoms with Crippen molar-refractivity contribution in [2.24, 2.45) is 0 Å². The van der Waals surface area contributed by atoms with Gasteiger partial charge in [-0.15, -0.1) is 5.10 Å². The topological polar surface area (TPSA) is 63.0 Å². The van der Waals surface area contributed by atoms with Gasteiger partial charge in [0.2, 0.25) is 0 Å². The monoisotopic (exact) mass is 236 g/mol. The van der Waals surface area contributed by atoms with Crippen molar-refractivity contribution in [2.45, 2.75) is 0 Å². The lowest BCUT2D eigenvalue weighted by molar-refractivity contribution is 0.882. The molecule has 2 aromatic carbocycles. The first-order valence-electron chi connectivity index (χ1n) is 5.59. The second-order valence-electron chi connectivity index (χ2n) is 4.17. The van der Waals surface area contributed by atoms with Crippen LogP contribution in [0, 0.1) is 0 Å². The molecule has 0 aliphatic rings. The van der Waals surface area contributed by atoms with Gasteiger partial charge in [0, 0.05) is 5.39 Å². The summed E-state index contributed by atoms with van der Waals surface area (Å²) in [5.41, 5.74) is 1.93. The quantitative estimate of drug-likeness (QED) is 0.505. The van der Waals surface area contributed by atoms with E-state index in [4.69, 9.17) is 0 Å². The molecule has 4 aromatic rings. The lowest BCUT2D eigenvalue weighted by Crippen LogP contribution is -2.03. The summed E-state index contributed by atoms with van der Waals surface area (Å²) in [4.78, 5) is 15.0. The molecular formula is C13H8N4O. The van der Waals surface area contributed by atoms with Gasteiger partial charge in [-0.2, -0.15) is 0 Å². The number of nitrogens with one attached hydrogen (secondary N) is 1. The minimum absolute atomic E-state index is 0.191. The minimum Gasteiger partial charge on any atom is -0.320 e. The van der Waals surface area contributed by atoms with Crippen LogP contribution in [0.25, 0.3) is 27.3 Å². The van der Waals surface area contributed by atoms with Gasteiger partial charge in [-0.1, -0.05) is 29.5 Å². The van der Waals surface area contributed by atoms with E-state index in [2.05, 4.69) is 15.3 Å². The Hall–Kier alpha value is -2.69. The first-order valence-corrected chi connectivity index (χ1v) is 5.59. The third-order valence-electron chi connectivity index (χ3n) is 3.14. The van der Waals surface area contributed by atoms with Gasteiger partial charge >= 0.3 is 0 Å². The Labute approximate surface area is 101 Å². The number of benzene rings is 2. The molecule has 2 heterocycles. The van der Waals surface area contributed by atoms with Crippen molar-refractivity contribution in [3.63, 3.8) is 0 Å². The largest absolute Gasteiger partial charge is 0.320 e. The molecule has 0 spiro atoms. The number of fused-ring (bicyclic) bond motifs is 2. The molecule has 0 aliphatic carbocycles. The summed E-state index contributed by atoms with van der Waals surface area (Å²) in [7, 11) is 0. The van der Waals surface area contributed by atoms with Gasteiger partial charge in [-0.05, 0) is 17.5 Å². The van der Waals surface area contributed by atoms with Crippen molar-refractivity contribution in [3.05, 3.63) is 52.9 Å². The number of rotatable bonds is 0. The van der Waals surface area contributed by atoms with Gasteiger partial charge in [0.15, 0.2) is 5.52 Å². The van der Waals surface area contributed by atoms with Gasteiger partial charge in [0.1, 0.15) is 0 Å². The Bertz CT molecular complexity index is 946. The van der Waals surface area contributed by atoms with Crippen LogP contribution in [0.4, 0.5) is 0 Å². The van der Waals surface area contributed by atoms with Crippen molar-refractivity contribution in [3.8, 4) is 0 Å². The van der Waals surface area contributed by atoms with Crippen LogP contribution in [0.5, 0.6) is 0 Å². The number of hydrogen-bond acceptors (Lipinski definition) is 3. The van der Waals surface area contributed by atoms with E-state index in [1.807, 2.05) is 36.4 Å². The second kappa shape index (κ2) is 3.16. The molecule has 0 unspecified atom stereocenters. The molecule has 0 saturated heterocycles. The first kappa shape index (κ1) is 9.35. The van der Waals surface area contributed by atoms with E-state index in [9.17, 15) is 4.79 Å². The average molecular weight is 236 g/mol. The SMILES string of the molecule is O=c1[nH]c2cccc3cccc(c32)n2nncc12. The van der Waals surface area contributed by atoms with Crippen LogP contribution in [0.15, 0.2) is 47.4 Å². The molecule has 18 heavy (non-hydrogen) atoms. The van der Waals surface area contributed by atoms with Gasteiger partial charge in [0.05, 0.1) is 17.2 Å². The molecule has 4 rings (SSSR count). The van der Waals surface area contributed by atoms with E-state index in [0.29, 0.717) is 5.52 Å². The summed E-state index contributed by atoms with van der Waals surface area (Å²) in [5.74, 6) is 0. The molecule has 5 heteroatoms. The second-order valence-corrected chi connectivity index (χ2v) is 4.17. The maximum Gasteiger partial charge on any atom is 0.276 e. The maximum atomic E-state index is 12.1. The molecule has 0 amide bonds.